The number of pyridine rings is 1. The Morgan fingerprint density at radius 2 is 1.88 bits per heavy atom. The zero-order valence-electron chi connectivity index (χ0n) is 18.3. The Morgan fingerprint density at radius 1 is 1.03 bits per heavy atom. The second-order valence-corrected chi connectivity index (χ2v) is 7.93. The molecule has 3 heterocycles. The van der Waals surface area contributed by atoms with Crippen LogP contribution in [0.25, 0.3) is 28.3 Å². The Kier molecular flexibility index (Phi) is 7.58. The van der Waals surface area contributed by atoms with E-state index in [4.69, 9.17) is 33.0 Å². The van der Waals surface area contributed by atoms with E-state index in [1.165, 1.54) is 7.11 Å². The average Bonchev–Trinajstić information content (AvgIpc) is 3.37. The van der Waals surface area contributed by atoms with Crippen molar-refractivity contribution in [1.29, 1.82) is 0 Å². The van der Waals surface area contributed by atoms with Gasteiger partial charge in [-0.3, -0.25) is 10.3 Å². The summed E-state index contributed by atoms with van der Waals surface area (Å²) in [6.07, 6.45) is 6.83. The smallest absolute Gasteiger partial charge is 0.223 e. The molecule has 3 aromatic heterocycles. The zero-order valence-corrected chi connectivity index (χ0v) is 19.8. The van der Waals surface area contributed by atoms with Gasteiger partial charge < -0.3 is 15.6 Å². The van der Waals surface area contributed by atoms with Gasteiger partial charge in [0.1, 0.15) is 11.6 Å². The second kappa shape index (κ2) is 11.0. The molecule has 0 aliphatic carbocycles. The van der Waals surface area contributed by atoms with Crippen LogP contribution < -0.4 is 16.1 Å². The monoisotopic (exact) mass is 496 g/mol. The number of nitrogens with zero attached hydrogens (tertiary/aromatic N) is 4. The number of aromatic nitrogens is 5. The molecule has 11 heteroatoms. The number of H-pyrrole nitrogens is 1. The van der Waals surface area contributed by atoms with Gasteiger partial charge in [0.2, 0.25) is 5.95 Å². The molecule has 0 aliphatic heterocycles. The first-order valence-corrected chi connectivity index (χ1v) is 11.0. The molecule has 9 nitrogen and oxygen atoms in total. The molecule has 0 fully saturated rings. The van der Waals surface area contributed by atoms with E-state index in [9.17, 15) is 0 Å². The number of hydrogen-bond donors (Lipinski definition) is 4. The van der Waals surface area contributed by atoms with E-state index in [0.717, 1.165) is 22.5 Å². The predicted octanol–water partition coefficient (Wildman–Crippen LogP) is 4.88. The summed E-state index contributed by atoms with van der Waals surface area (Å²) in [6.45, 7) is 5.04. The lowest BCUT2D eigenvalue weighted by molar-refractivity contribution is 0.137. The molecular weight excluding hydrogens is 475 g/mol. The molecule has 0 saturated heterocycles. The van der Waals surface area contributed by atoms with Gasteiger partial charge in [-0.1, -0.05) is 29.8 Å². The van der Waals surface area contributed by atoms with E-state index in [-0.39, 0.29) is 0 Å². The minimum atomic E-state index is 0.461. The minimum Gasteiger partial charge on any atom is -0.368 e. The first kappa shape index (κ1) is 23.5. The molecule has 0 atom stereocenters. The fourth-order valence-electron chi connectivity index (χ4n) is 3.16. The van der Waals surface area contributed by atoms with E-state index < -0.39 is 0 Å². The van der Waals surface area contributed by atoms with Crippen molar-refractivity contribution < 1.29 is 4.84 Å². The lowest BCUT2D eigenvalue weighted by Gasteiger charge is -2.12. The SMILES string of the molecule is C=C(NOC)c1ccc(NCCNc2ncc(-c3ncc[nH]3)c(-c3ccc(Cl)cc3Cl)n2)nc1. The summed E-state index contributed by atoms with van der Waals surface area (Å²) in [5.74, 6) is 1.84. The van der Waals surface area contributed by atoms with Crippen molar-refractivity contribution in [3.8, 4) is 22.6 Å². The first-order valence-electron chi connectivity index (χ1n) is 10.3. The number of nitrogens with one attached hydrogen (secondary N) is 4. The van der Waals surface area contributed by atoms with Crippen LogP contribution in [0, 0.1) is 0 Å². The predicted molar refractivity (Wildman–Crippen MR) is 135 cm³/mol. The fraction of sp³-hybridized carbons (Fsp3) is 0.130. The molecule has 0 unspecified atom stereocenters. The van der Waals surface area contributed by atoms with Gasteiger partial charge in [-0.25, -0.2) is 19.9 Å². The molecule has 174 valence electrons. The maximum absolute atomic E-state index is 6.46. The molecule has 0 aliphatic rings. The highest BCUT2D eigenvalue weighted by atomic mass is 35.5. The van der Waals surface area contributed by atoms with Crippen molar-refractivity contribution in [1.82, 2.24) is 30.4 Å². The molecule has 0 bridgehead atoms. The van der Waals surface area contributed by atoms with Crippen LogP contribution in [0.3, 0.4) is 0 Å². The first-order chi connectivity index (χ1) is 16.5. The van der Waals surface area contributed by atoms with Crippen LogP contribution >= 0.6 is 23.2 Å². The van der Waals surface area contributed by atoms with Gasteiger partial charge >= 0.3 is 0 Å². The van der Waals surface area contributed by atoms with Crippen LogP contribution in [0.5, 0.6) is 0 Å². The normalized spacial score (nSPS) is 10.7. The van der Waals surface area contributed by atoms with Crippen LogP contribution in [-0.4, -0.2) is 45.1 Å². The van der Waals surface area contributed by atoms with Gasteiger partial charge in [0.15, 0.2) is 0 Å². The second-order valence-electron chi connectivity index (χ2n) is 7.09. The van der Waals surface area contributed by atoms with Crippen molar-refractivity contribution >= 4 is 40.7 Å². The summed E-state index contributed by atoms with van der Waals surface area (Å²) < 4.78 is 0. The number of rotatable bonds is 10. The Labute approximate surface area is 206 Å². The number of halogens is 2. The van der Waals surface area contributed by atoms with E-state index in [2.05, 4.69) is 42.6 Å². The van der Waals surface area contributed by atoms with Crippen molar-refractivity contribution in [2.75, 3.05) is 30.8 Å². The van der Waals surface area contributed by atoms with Crippen molar-refractivity contribution in [2.45, 2.75) is 0 Å². The highest BCUT2D eigenvalue weighted by molar-refractivity contribution is 6.36. The average molecular weight is 497 g/mol. The van der Waals surface area contributed by atoms with Crippen molar-refractivity contribution in [3.05, 3.63) is 77.3 Å². The third-order valence-electron chi connectivity index (χ3n) is 4.78. The van der Waals surface area contributed by atoms with Crippen LogP contribution in [0.2, 0.25) is 10.0 Å². The third kappa shape index (κ3) is 5.63. The van der Waals surface area contributed by atoms with Gasteiger partial charge in [-0.15, -0.1) is 0 Å². The lowest BCUT2D eigenvalue weighted by atomic mass is 10.1. The number of aromatic amines is 1. The Morgan fingerprint density at radius 3 is 2.59 bits per heavy atom. The van der Waals surface area contributed by atoms with Gasteiger partial charge in [0, 0.05) is 54.0 Å². The van der Waals surface area contributed by atoms with E-state index in [1.807, 2.05) is 18.2 Å². The molecule has 0 spiro atoms. The number of hydroxylamine groups is 1. The van der Waals surface area contributed by atoms with Gasteiger partial charge in [-0.05, 0) is 30.3 Å². The molecule has 0 amide bonds. The van der Waals surface area contributed by atoms with Crippen molar-refractivity contribution in [2.24, 2.45) is 0 Å². The summed E-state index contributed by atoms with van der Waals surface area (Å²) >= 11 is 12.5. The van der Waals surface area contributed by atoms with Gasteiger partial charge in [0.25, 0.3) is 0 Å². The zero-order chi connectivity index (χ0) is 23.9. The van der Waals surface area contributed by atoms with Crippen molar-refractivity contribution in [3.63, 3.8) is 0 Å². The summed E-state index contributed by atoms with van der Waals surface area (Å²) in [5, 5.41) is 7.51. The summed E-state index contributed by atoms with van der Waals surface area (Å²) in [4.78, 5) is 25.8. The molecule has 4 rings (SSSR count). The molecule has 34 heavy (non-hydrogen) atoms. The molecule has 4 N–H and O–H groups in total. The number of hydrogen-bond acceptors (Lipinski definition) is 8. The Hall–Kier alpha value is -3.66. The maximum atomic E-state index is 6.46. The quantitative estimate of drug-likeness (QED) is 0.181. The highest BCUT2D eigenvalue weighted by Crippen LogP contribution is 2.34. The van der Waals surface area contributed by atoms with E-state index in [1.54, 1.807) is 36.9 Å². The summed E-state index contributed by atoms with van der Waals surface area (Å²) in [7, 11) is 1.53. The van der Waals surface area contributed by atoms with Crippen LogP contribution in [0.4, 0.5) is 11.8 Å². The topological polar surface area (TPSA) is 113 Å². The molecule has 4 aromatic rings. The maximum Gasteiger partial charge on any atom is 0.223 e. The van der Waals surface area contributed by atoms with Crippen LogP contribution in [-0.2, 0) is 4.84 Å². The summed E-state index contributed by atoms with van der Waals surface area (Å²) in [5.41, 5.74) is 6.26. The fourth-order valence-corrected chi connectivity index (χ4v) is 3.66. The molecule has 0 saturated carbocycles. The van der Waals surface area contributed by atoms with E-state index >= 15 is 0 Å². The standard InChI is InChI=1S/C23H22Cl2N8O/c1-14(33-34-2)15-3-6-20(30-12-15)26-7-10-29-23-31-13-18(22-27-8-9-28-22)21(32-23)17-5-4-16(24)11-19(17)25/h3-6,8-9,11-13,33H,1,7,10H2,2H3,(H,26,30)(H,27,28)(H,29,31,32). The number of benzene rings is 1. The number of imidazole rings is 1. The Balaban J connectivity index is 1.44. The number of anilines is 2. The largest absolute Gasteiger partial charge is 0.368 e. The van der Waals surface area contributed by atoms with Crippen LogP contribution in [0.1, 0.15) is 5.56 Å². The highest BCUT2D eigenvalue weighted by Gasteiger charge is 2.16. The lowest BCUT2D eigenvalue weighted by Crippen LogP contribution is -2.16. The molecular formula is C23H22Cl2N8O. The van der Waals surface area contributed by atoms with Gasteiger partial charge in [0.05, 0.1) is 29.1 Å². The van der Waals surface area contributed by atoms with Crippen LogP contribution in [0.15, 0.2) is 61.7 Å². The van der Waals surface area contributed by atoms with E-state index in [0.29, 0.717) is 46.3 Å². The Bertz CT molecular complexity index is 1260. The third-order valence-corrected chi connectivity index (χ3v) is 5.33. The molecule has 0 radical (unpaired) electrons. The minimum absolute atomic E-state index is 0.461. The summed E-state index contributed by atoms with van der Waals surface area (Å²) in [6, 6.07) is 9.05. The molecule has 1 aromatic carbocycles. The van der Waals surface area contributed by atoms with Gasteiger partial charge in [-0.2, -0.15) is 0 Å².